The van der Waals surface area contributed by atoms with E-state index >= 15 is 0 Å². The lowest BCUT2D eigenvalue weighted by Gasteiger charge is -2.14. The van der Waals surface area contributed by atoms with Gasteiger partial charge in [0.2, 0.25) is 0 Å². The smallest absolute Gasteiger partial charge is 0.0860 e. The lowest BCUT2D eigenvalue weighted by Crippen LogP contribution is -2.31. The van der Waals surface area contributed by atoms with Crippen molar-refractivity contribution in [3.8, 4) is 0 Å². The minimum absolute atomic E-state index is 0.316. The molecule has 2 aromatic rings. The summed E-state index contributed by atoms with van der Waals surface area (Å²) in [5, 5.41) is 12.8. The fourth-order valence-electron chi connectivity index (χ4n) is 2.06. The summed E-state index contributed by atoms with van der Waals surface area (Å²) in [6.45, 7) is 8.53. The Labute approximate surface area is 118 Å². The molecule has 0 bridgehead atoms. The maximum absolute atomic E-state index is 6.28. The second-order valence-corrected chi connectivity index (χ2v) is 5.05. The third-order valence-electron chi connectivity index (χ3n) is 3.09. The van der Waals surface area contributed by atoms with E-state index in [-0.39, 0.29) is 0 Å². The summed E-state index contributed by atoms with van der Waals surface area (Å²) >= 11 is 6.28. The molecule has 0 aliphatic heterocycles. The van der Waals surface area contributed by atoms with E-state index < -0.39 is 0 Å². The van der Waals surface area contributed by atoms with Crippen LogP contribution in [0.15, 0.2) is 18.5 Å². The molecular formula is C13H20ClN5. The second kappa shape index (κ2) is 6.21. The SMILES string of the molecule is CCn1nc(C)c(Cl)c1CNC(C)Cn1cccn1. The zero-order chi connectivity index (χ0) is 13.8. The van der Waals surface area contributed by atoms with Crippen molar-refractivity contribution in [1.29, 1.82) is 0 Å². The first-order valence-electron chi connectivity index (χ1n) is 6.54. The number of hydrogen-bond acceptors (Lipinski definition) is 3. The van der Waals surface area contributed by atoms with Gasteiger partial charge in [0.1, 0.15) is 0 Å². The topological polar surface area (TPSA) is 47.7 Å². The van der Waals surface area contributed by atoms with Crippen LogP contribution in [0.1, 0.15) is 25.2 Å². The average Bonchev–Trinajstić information content (AvgIpc) is 2.97. The summed E-state index contributed by atoms with van der Waals surface area (Å²) in [5.74, 6) is 0. The molecular weight excluding hydrogens is 262 g/mol. The first kappa shape index (κ1) is 14.1. The van der Waals surface area contributed by atoms with Crippen LogP contribution in [-0.2, 0) is 19.6 Å². The lowest BCUT2D eigenvalue weighted by atomic mass is 10.3. The van der Waals surface area contributed by atoms with Crippen molar-refractivity contribution in [3.63, 3.8) is 0 Å². The molecule has 0 amide bonds. The van der Waals surface area contributed by atoms with Crippen LogP contribution in [0.5, 0.6) is 0 Å². The minimum atomic E-state index is 0.316. The Kier molecular flexibility index (Phi) is 4.61. The second-order valence-electron chi connectivity index (χ2n) is 4.67. The normalized spacial score (nSPS) is 12.8. The van der Waals surface area contributed by atoms with Crippen LogP contribution in [0, 0.1) is 6.92 Å². The first-order chi connectivity index (χ1) is 9.11. The first-order valence-corrected chi connectivity index (χ1v) is 6.92. The van der Waals surface area contributed by atoms with E-state index in [2.05, 4.69) is 29.4 Å². The Morgan fingerprint density at radius 1 is 1.47 bits per heavy atom. The van der Waals surface area contributed by atoms with Gasteiger partial charge in [0.25, 0.3) is 0 Å². The zero-order valence-corrected chi connectivity index (χ0v) is 12.4. The van der Waals surface area contributed by atoms with Crippen LogP contribution in [0.3, 0.4) is 0 Å². The molecule has 0 fully saturated rings. The number of nitrogens with one attached hydrogen (secondary N) is 1. The predicted molar refractivity (Wildman–Crippen MR) is 76.2 cm³/mol. The highest BCUT2D eigenvalue weighted by molar-refractivity contribution is 6.31. The van der Waals surface area contributed by atoms with Crippen molar-refractivity contribution in [2.45, 2.75) is 46.4 Å². The van der Waals surface area contributed by atoms with Crippen molar-refractivity contribution >= 4 is 11.6 Å². The summed E-state index contributed by atoms with van der Waals surface area (Å²) in [5.41, 5.74) is 1.94. The number of rotatable bonds is 6. The lowest BCUT2D eigenvalue weighted by molar-refractivity contribution is 0.440. The summed E-state index contributed by atoms with van der Waals surface area (Å²) in [7, 11) is 0. The molecule has 5 nitrogen and oxygen atoms in total. The number of aryl methyl sites for hydroxylation is 2. The van der Waals surface area contributed by atoms with Crippen LogP contribution in [-0.4, -0.2) is 25.6 Å². The van der Waals surface area contributed by atoms with Gasteiger partial charge < -0.3 is 5.32 Å². The molecule has 2 heterocycles. The Bertz CT molecular complexity index is 517. The fourth-order valence-corrected chi connectivity index (χ4v) is 2.26. The molecule has 1 atom stereocenters. The van der Waals surface area contributed by atoms with Gasteiger partial charge >= 0.3 is 0 Å². The fraction of sp³-hybridized carbons (Fsp3) is 0.538. The van der Waals surface area contributed by atoms with Crippen LogP contribution in [0.4, 0.5) is 0 Å². The van der Waals surface area contributed by atoms with Crippen molar-refractivity contribution < 1.29 is 0 Å². The molecule has 1 N–H and O–H groups in total. The number of aromatic nitrogens is 4. The zero-order valence-electron chi connectivity index (χ0n) is 11.6. The molecule has 2 rings (SSSR count). The Morgan fingerprint density at radius 2 is 2.26 bits per heavy atom. The van der Waals surface area contributed by atoms with Crippen molar-refractivity contribution in [2.24, 2.45) is 0 Å². The monoisotopic (exact) mass is 281 g/mol. The minimum Gasteiger partial charge on any atom is -0.307 e. The number of hydrogen-bond donors (Lipinski definition) is 1. The van der Waals surface area contributed by atoms with Gasteiger partial charge in [0.05, 0.1) is 23.0 Å². The molecule has 0 saturated carbocycles. The van der Waals surface area contributed by atoms with Gasteiger partial charge in [0, 0.05) is 31.5 Å². The molecule has 0 aliphatic carbocycles. The van der Waals surface area contributed by atoms with Crippen molar-refractivity contribution in [3.05, 3.63) is 34.9 Å². The molecule has 0 radical (unpaired) electrons. The Hall–Kier alpha value is -1.33. The highest BCUT2D eigenvalue weighted by Crippen LogP contribution is 2.20. The Balaban J connectivity index is 1.95. The van der Waals surface area contributed by atoms with E-state index in [9.17, 15) is 0 Å². The molecule has 0 aromatic carbocycles. The average molecular weight is 282 g/mol. The largest absolute Gasteiger partial charge is 0.307 e. The van der Waals surface area contributed by atoms with Crippen LogP contribution < -0.4 is 5.32 Å². The molecule has 6 heteroatoms. The van der Waals surface area contributed by atoms with Gasteiger partial charge in [-0.05, 0) is 26.8 Å². The molecule has 1 unspecified atom stereocenters. The van der Waals surface area contributed by atoms with E-state index in [1.54, 1.807) is 6.20 Å². The maximum atomic E-state index is 6.28. The van der Waals surface area contributed by atoms with Crippen LogP contribution >= 0.6 is 11.6 Å². The van der Waals surface area contributed by atoms with Gasteiger partial charge in [-0.15, -0.1) is 0 Å². The predicted octanol–water partition coefficient (Wildman–Crippen LogP) is 2.24. The third-order valence-corrected chi connectivity index (χ3v) is 3.58. The molecule has 0 aliphatic rings. The van der Waals surface area contributed by atoms with E-state index in [0.717, 1.165) is 36.0 Å². The van der Waals surface area contributed by atoms with E-state index in [0.29, 0.717) is 6.04 Å². The maximum Gasteiger partial charge on any atom is 0.0860 e. The van der Waals surface area contributed by atoms with Crippen LogP contribution in [0.2, 0.25) is 5.02 Å². The highest BCUT2D eigenvalue weighted by atomic mass is 35.5. The molecule has 0 saturated heterocycles. The number of nitrogens with zero attached hydrogens (tertiary/aromatic N) is 4. The standard InChI is InChI=1S/C13H20ClN5/c1-4-19-12(13(14)11(3)17-19)8-15-10(2)9-18-7-5-6-16-18/h5-7,10,15H,4,8-9H2,1-3H3. The summed E-state index contributed by atoms with van der Waals surface area (Å²) in [6.07, 6.45) is 3.75. The molecule has 19 heavy (non-hydrogen) atoms. The summed E-state index contributed by atoms with van der Waals surface area (Å²) < 4.78 is 3.87. The summed E-state index contributed by atoms with van der Waals surface area (Å²) in [4.78, 5) is 0. The third kappa shape index (κ3) is 3.36. The van der Waals surface area contributed by atoms with Gasteiger partial charge in [-0.1, -0.05) is 11.6 Å². The van der Waals surface area contributed by atoms with E-state index in [1.807, 2.05) is 28.6 Å². The molecule has 0 spiro atoms. The highest BCUT2D eigenvalue weighted by Gasteiger charge is 2.13. The van der Waals surface area contributed by atoms with Gasteiger partial charge in [0.15, 0.2) is 0 Å². The Morgan fingerprint density at radius 3 is 2.89 bits per heavy atom. The van der Waals surface area contributed by atoms with E-state index in [1.165, 1.54) is 0 Å². The molecule has 2 aromatic heterocycles. The molecule has 104 valence electrons. The van der Waals surface area contributed by atoms with Crippen molar-refractivity contribution in [1.82, 2.24) is 24.9 Å². The van der Waals surface area contributed by atoms with Crippen LogP contribution in [0.25, 0.3) is 0 Å². The van der Waals surface area contributed by atoms with Gasteiger partial charge in [-0.25, -0.2) is 0 Å². The quantitative estimate of drug-likeness (QED) is 0.883. The number of halogens is 1. The van der Waals surface area contributed by atoms with Gasteiger partial charge in [-0.3, -0.25) is 9.36 Å². The van der Waals surface area contributed by atoms with Gasteiger partial charge in [-0.2, -0.15) is 10.2 Å². The van der Waals surface area contributed by atoms with Crippen molar-refractivity contribution in [2.75, 3.05) is 0 Å². The van der Waals surface area contributed by atoms with E-state index in [4.69, 9.17) is 11.6 Å². The summed E-state index contributed by atoms with van der Waals surface area (Å²) in [6, 6.07) is 2.25.